The van der Waals surface area contributed by atoms with Gasteiger partial charge < -0.3 is 19.1 Å². The van der Waals surface area contributed by atoms with Gasteiger partial charge in [0.15, 0.2) is 11.6 Å². The molecule has 8 nitrogen and oxygen atoms in total. The Morgan fingerprint density at radius 2 is 1.95 bits per heavy atom. The third-order valence-corrected chi connectivity index (χ3v) is 7.52. The number of fused-ring (bicyclic) bond motifs is 2. The number of amides is 1. The summed E-state index contributed by atoms with van der Waals surface area (Å²) in [5, 5.41) is 0. The number of hydrogen-bond donors (Lipinski definition) is 0. The number of carbonyl (C=O) groups is 1. The zero-order valence-corrected chi connectivity index (χ0v) is 22.1. The van der Waals surface area contributed by atoms with Gasteiger partial charge in [-0.2, -0.15) is 0 Å². The molecular weight excluding hydrogens is 473 g/mol. The van der Waals surface area contributed by atoms with Crippen molar-refractivity contribution in [2.45, 2.75) is 51.2 Å². The normalized spacial score (nSPS) is 16.8. The Balaban J connectivity index is 1.56. The number of ether oxygens (including phenoxy) is 1. The molecule has 1 aliphatic carbocycles. The van der Waals surface area contributed by atoms with Crippen molar-refractivity contribution in [1.29, 1.82) is 0 Å². The van der Waals surface area contributed by atoms with Crippen LogP contribution >= 0.6 is 0 Å². The first-order chi connectivity index (χ1) is 17.6. The molecule has 2 aromatic heterocycles. The van der Waals surface area contributed by atoms with Crippen LogP contribution in [-0.2, 0) is 25.6 Å². The summed E-state index contributed by atoms with van der Waals surface area (Å²) in [6.07, 6.45) is 6.69. The van der Waals surface area contributed by atoms with Gasteiger partial charge in [-0.15, -0.1) is 0 Å². The molecule has 0 bridgehead atoms. The third kappa shape index (κ3) is 4.56. The Morgan fingerprint density at radius 1 is 1.19 bits per heavy atom. The van der Waals surface area contributed by atoms with E-state index in [4.69, 9.17) is 4.74 Å². The predicted molar refractivity (Wildman–Crippen MR) is 138 cm³/mol. The standard InChI is InChI=1S/C28H34FN5O3/c1-6-37-24-13-23(30-14-22(24)29)18(2)34-17-28(7-8-28)25-20(16-31(3)4)11-19(12-21(25)26(34)35)15-33-10-9-32(5)27(33)36/h9-14,18H,6-8,15-17H2,1-5H3/t18-/m0/s1. The molecule has 1 saturated carbocycles. The van der Waals surface area contributed by atoms with Crippen molar-refractivity contribution < 1.29 is 13.9 Å². The summed E-state index contributed by atoms with van der Waals surface area (Å²) in [7, 11) is 5.77. The second kappa shape index (κ2) is 9.45. The highest BCUT2D eigenvalue weighted by molar-refractivity contribution is 5.98. The van der Waals surface area contributed by atoms with Crippen LogP contribution in [0.3, 0.4) is 0 Å². The van der Waals surface area contributed by atoms with Gasteiger partial charge in [-0.1, -0.05) is 6.07 Å². The van der Waals surface area contributed by atoms with Crippen LogP contribution in [0.15, 0.2) is 41.6 Å². The van der Waals surface area contributed by atoms with E-state index in [0.717, 1.165) is 35.7 Å². The molecule has 2 aliphatic rings. The largest absolute Gasteiger partial charge is 0.491 e. The summed E-state index contributed by atoms with van der Waals surface area (Å²) < 4.78 is 22.8. The monoisotopic (exact) mass is 507 g/mol. The topological polar surface area (TPSA) is 72.6 Å². The Kier molecular flexibility index (Phi) is 6.43. The molecule has 9 heteroatoms. The van der Waals surface area contributed by atoms with E-state index in [2.05, 4.69) is 16.0 Å². The van der Waals surface area contributed by atoms with Crippen LogP contribution in [0.4, 0.5) is 4.39 Å². The van der Waals surface area contributed by atoms with Crippen LogP contribution in [-0.4, -0.2) is 57.1 Å². The lowest BCUT2D eigenvalue weighted by molar-refractivity contribution is 0.0633. The zero-order chi connectivity index (χ0) is 26.5. The van der Waals surface area contributed by atoms with E-state index in [1.54, 1.807) is 41.6 Å². The highest BCUT2D eigenvalue weighted by Gasteiger charge is 2.53. The minimum absolute atomic E-state index is 0.0635. The molecule has 1 aromatic carbocycles. The molecule has 0 radical (unpaired) electrons. The Bertz CT molecular complexity index is 1410. The number of aryl methyl sites for hydroxylation is 1. The molecule has 1 fully saturated rings. The summed E-state index contributed by atoms with van der Waals surface area (Å²) in [6.45, 7) is 5.78. The van der Waals surface area contributed by atoms with Crippen molar-refractivity contribution in [2.75, 3.05) is 27.2 Å². The van der Waals surface area contributed by atoms with Crippen molar-refractivity contribution >= 4 is 5.91 Å². The fraction of sp³-hybridized carbons (Fsp3) is 0.464. The lowest BCUT2D eigenvalue weighted by atomic mass is 9.81. The van der Waals surface area contributed by atoms with E-state index >= 15 is 0 Å². The summed E-state index contributed by atoms with van der Waals surface area (Å²) in [4.78, 5) is 34.8. The fourth-order valence-electron chi connectivity index (χ4n) is 5.54. The van der Waals surface area contributed by atoms with E-state index < -0.39 is 5.82 Å². The van der Waals surface area contributed by atoms with Gasteiger partial charge in [-0.3, -0.25) is 14.3 Å². The van der Waals surface area contributed by atoms with Crippen molar-refractivity contribution in [3.05, 3.63) is 81.0 Å². The SMILES string of the molecule is CCOc1cc([C@H](C)N2CC3(CC3)c3c(CN(C)C)cc(Cn4ccn(C)c4=O)cc3C2=O)ncc1F. The van der Waals surface area contributed by atoms with Crippen LogP contribution in [0.1, 0.15) is 65.5 Å². The first-order valence-electron chi connectivity index (χ1n) is 12.8. The van der Waals surface area contributed by atoms with Gasteiger partial charge in [-0.05, 0) is 63.5 Å². The Labute approximate surface area is 216 Å². The number of imidazole rings is 1. The number of hydrogen-bond acceptors (Lipinski definition) is 5. The first kappa shape index (κ1) is 25.2. The average Bonchev–Trinajstić information content (AvgIpc) is 3.56. The van der Waals surface area contributed by atoms with E-state index in [0.29, 0.717) is 37.5 Å². The second-order valence-electron chi connectivity index (χ2n) is 10.6. The first-order valence-corrected chi connectivity index (χ1v) is 12.8. The van der Waals surface area contributed by atoms with E-state index in [-0.39, 0.29) is 28.8 Å². The van der Waals surface area contributed by atoms with Gasteiger partial charge >= 0.3 is 5.69 Å². The number of pyridine rings is 1. The highest BCUT2D eigenvalue weighted by atomic mass is 19.1. The summed E-state index contributed by atoms with van der Waals surface area (Å²) in [5.74, 6) is -0.429. The van der Waals surface area contributed by atoms with Crippen LogP contribution < -0.4 is 10.4 Å². The van der Waals surface area contributed by atoms with Crippen molar-refractivity contribution in [3.8, 4) is 5.75 Å². The fourth-order valence-corrected chi connectivity index (χ4v) is 5.54. The quantitative estimate of drug-likeness (QED) is 0.467. The van der Waals surface area contributed by atoms with Gasteiger partial charge in [0.05, 0.1) is 31.1 Å². The molecule has 0 saturated heterocycles. The average molecular weight is 508 g/mol. The van der Waals surface area contributed by atoms with E-state index in [1.807, 2.05) is 32.0 Å². The van der Waals surface area contributed by atoms with Crippen LogP contribution in [0, 0.1) is 5.82 Å². The summed E-state index contributed by atoms with van der Waals surface area (Å²) >= 11 is 0. The van der Waals surface area contributed by atoms with Crippen LogP contribution in [0.25, 0.3) is 0 Å². The number of carbonyl (C=O) groups excluding carboxylic acids is 1. The third-order valence-electron chi connectivity index (χ3n) is 7.52. The minimum Gasteiger partial charge on any atom is -0.491 e. The molecule has 37 heavy (non-hydrogen) atoms. The number of nitrogens with zero attached hydrogens (tertiary/aromatic N) is 5. The Morgan fingerprint density at radius 3 is 2.57 bits per heavy atom. The van der Waals surface area contributed by atoms with Crippen molar-refractivity contribution in [2.24, 2.45) is 7.05 Å². The molecular formula is C28H34FN5O3. The molecule has 0 unspecified atom stereocenters. The van der Waals surface area contributed by atoms with Crippen molar-refractivity contribution in [3.63, 3.8) is 0 Å². The minimum atomic E-state index is -0.513. The van der Waals surface area contributed by atoms with Gasteiger partial charge in [0.25, 0.3) is 5.91 Å². The second-order valence-corrected chi connectivity index (χ2v) is 10.6. The molecule has 1 amide bonds. The summed E-state index contributed by atoms with van der Waals surface area (Å²) in [6, 6.07) is 5.36. The lowest BCUT2D eigenvalue weighted by Crippen LogP contribution is -2.45. The number of halogens is 1. The lowest BCUT2D eigenvalue weighted by Gasteiger charge is -2.40. The van der Waals surface area contributed by atoms with Crippen molar-refractivity contribution in [1.82, 2.24) is 23.9 Å². The van der Waals surface area contributed by atoms with Gasteiger partial charge in [0.1, 0.15) is 0 Å². The smallest absolute Gasteiger partial charge is 0.328 e. The number of rotatable bonds is 8. The number of aromatic nitrogens is 3. The van der Waals surface area contributed by atoms with Crippen LogP contribution in [0.5, 0.6) is 5.75 Å². The maximum atomic E-state index is 14.2. The maximum Gasteiger partial charge on any atom is 0.328 e. The molecule has 3 aromatic rings. The number of benzene rings is 1. The molecule has 3 heterocycles. The van der Waals surface area contributed by atoms with Gasteiger partial charge in [0.2, 0.25) is 0 Å². The van der Waals surface area contributed by atoms with Crippen LogP contribution in [0.2, 0.25) is 0 Å². The Hall–Kier alpha value is -3.46. The molecule has 5 rings (SSSR count). The highest BCUT2D eigenvalue weighted by Crippen LogP contribution is 2.55. The molecule has 1 aliphatic heterocycles. The zero-order valence-electron chi connectivity index (χ0n) is 22.1. The molecule has 1 atom stereocenters. The molecule has 1 spiro atoms. The van der Waals surface area contributed by atoms with E-state index in [9.17, 15) is 14.0 Å². The van der Waals surface area contributed by atoms with Gasteiger partial charge in [-0.25, -0.2) is 9.18 Å². The summed E-state index contributed by atoms with van der Waals surface area (Å²) in [5.41, 5.74) is 4.30. The molecule has 0 N–H and O–H groups in total. The maximum absolute atomic E-state index is 14.2. The van der Waals surface area contributed by atoms with E-state index in [1.165, 1.54) is 0 Å². The predicted octanol–water partition coefficient (Wildman–Crippen LogP) is 3.48. The van der Waals surface area contributed by atoms with Gasteiger partial charge in [0, 0.05) is 49.6 Å². The molecule has 196 valence electrons.